The van der Waals surface area contributed by atoms with Crippen LogP contribution in [0.15, 0.2) is 35.1 Å². The van der Waals surface area contributed by atoms with Gasteiger partial charge in [-0.2, -0.15) is 0 Å². The molecule has 1 aromatic heterocycles. The maximum absolute atomic E-state index is 14.7. The molecule has 0 saturated carbocycles. The van der Waals surface area contributed by atoms with Gasteiger partial charge >= 0.3 is 0 Å². The van der Waals surface area contributed by atoms with Gasteiger partial charge in [0.25, 0.3) is 0 Å². The molecule has 0 atom stereocenters. The first-order chi connectivity index (χ1) is 12.9. The van der Waals surface area contributed by atoms with Crippen molar-refractivity contribution in [1.82, 2.24) is 9.71 Å². The van der Waals surface area contributed by atoms with Crippen LogP contribution in [-0.4, -0.2) is 25.7 Å². The van der Waals surface area contributed by atoms with E-state index in [4.69, 9.17) is 4.42 Å². The van der Waals surface area contributed by atoms with Gasteiger partial charge in [-0.3, -0.25) is 4.79 Å². The predicted molar refractivity (Wildman–Crippen MR) is 90.4 cm³/mol. The maximum Gasteiger partial charge on any atom is 0.201 e. The van der Waals surface area contributed by atoms with Crippen LogP contribution in [0.25, 0.3) is 11.1 Å². The van der Waals surface area contributed by atoms with E-state index in [1.165, 1.54) is 18.2 Å². The number of hydrogen-bond acceptors (Lipinski definition) is 5. The quantitative estimate of drug-likeness (QED) is 0.276. The molecule has 0 aliphatic heterocycles. The largest absolute Gasteiger partial charge is 0.443 e. The van der Waals surface area contributed by atoms with Crippen molar-refractivity contribution in [3.63, 3.8) is 0 Å². The number of carbonyl (C=O) groups is 1. The summed E-state index contributed by atoms with van der Waals surface area (Å²) in [5, 5.41) is 0. The topological polar surface area (TPSA) is 89.3 Å². The lowest BCUT2D eigenvalue weighted by Gasteiger charge is -2.10. The summed E-state index contributed by atoms with van der Waals surface area (Å²) in [4.78, 5) is 16.5. The number of halogens is 3. The van der Waals surface area contributed by atoms with Crippen LogP contribution in [0.3, 0.4) is 0 Å². The summed E-state index contributed by atoms with van der Waals surface area (Å²) in [6.45, 7) is 0.00256. The average Bonchev–Trinajstić information content (AvgIpc) is 3.10. The highest BCUT2D eigenvalue weighted by Gasteiger charge is 2.25. The van der Waals surface area contributed by atoms with E-state index in [2.05, 4.69) is 9.71 Å². The van der Waals surface area contributed by atoms with Crippen molar-refractivity contribution >= 4 is 27.8 Å². The Morgan fingerprint density at radius 2 is 1.93 bits per heavy atom. The molecule has 0 aliphatic rings. The Morgan fingerprint density at radius 1 is 1.15 bits per heavy atom. The minimum absolute atomic E-state index is 0.00256. The Bertz CT molecular complexity index is 1090. The molecule has 2 aromatic carbocycles. The molecule has 10 heteroatoms. The van der Waals surface area contributed by atoms with E-state index in [0.29, 0.717) is 11.6 Å². The summed E-state index contributed by atoms with van der Waals surface area (Å²) in [6, 6.07) is 4.68. The molecule has 3 rings (SSSR count). The monoisotopic (exact) mass is 398 g/mol. The van der Waals surface area contributed by atoms with Gasteiger partial charge in [0.1, 0.15) is 11.3 Å². The Hall–Kier alpha value is -2.72. The third-order valence-electron chi connectivity index (χ3n) is 3.92. The first-order valence-electron chi connectivity index (χ1n) is 7.80. The Kier molecular flexibility index (Phi) is 5.57. The van der Waals surface area contributed by atoms with Crippen LogP contribution in [-0.2, 0) is 17.3 Å². The molecule has 27 heavy (non-hydrogen) atoms. The van der Waals surface area contributed by atoms with Crippen LogP contribution in [0, 0.1) is 17.5 Å². The highest BCUT2D eigenvalue weighted by atomic mass is 32.2. The van der Waals surface area contributed by atoms with Gasteiger partial charge in [0.15, 0.2) is 29.4 Å². The van der Waals surface area contributed by atoms with Crippen LogP contribution in [0.1, 0.15) is 27.9 Å². The standard InChI is InChI=1S/C17H13F3N2O4S/c18-11-6-9(2-1-5-22-27(24)25)15(19)14(16(11)20)17(23)10-3-4-12-13(7-10)26-8-21-12/h3-4,6-8,27H,1-2,5H2,(H,22,24,25). The Labute approximate surface area is 153 Å². The first kappa shape index (κ1) is 19.1. The molecule has 1 heterocycles. The maximum atomic E-state index is 14.7. The number of carbonyl (C=O) groups excluding carboxylic acids is 1. The number of rotatable bonds is 7. The van der Waals surface area contributed by atoms with E-state index in [0.717, 1.165) is 6.39 Å². The third-order valence-corrected chi connectivity index (χ3v) is 4.40. The summed E-state index contributed by atoms with van der Waals surface area (Å²) in [6.07, 6.45) is 1.22. The fourth-order valence-electron chi connectivity index (χ4n) is 2.63. The van der Waals surface area contributed by atoms with Crippen molar-refractivity contribution in [2.45, 2.75) is 12.8 Å². The molecule has 1 N–H and O–H groups in total. The van der Waals surface area contributed by atoms with Crippen molar-refractivity contribution < 1.29 is 30.8 Å². The summed E-state index contributed by atoms with van der Waals surface area (Å²) in [5.41, 5.74) is -0.612. The van der Waals surface area contributed by atoms with Crippen LogP contribution in [0.2, 0.25) is 0 Å². The van der Waals surface area contributed by atoms with Gasteiger partial charge in [-0.1, -0.05) is 0 Å². The van der Waals surface area contributed by atoms with Crippen LogP contribution in [0.5, 0.6) is 0 Å². The number of fused-ring (bicyclic) bond motifs is 1. The molecule has 0 spiro atoms. The van der Waals surface area contributed by atoms with E-state index >= 15 is 0 Å². The Balaban J connectivity index is 1.94. The molecule has 142 valence electrons. The molecule has 0 radical (unpaired) electrons. The van der Waals surface area contributed by atoms with Crippen molar-refractivity contribution in [3.8, 4) is 0 Å². The van der Waals surface area contributed by atoms with Crippen molar-refractivity contribution in [1.29, 1.82) is 0 Å². The number of nitrogens with one attached hydrogen (secondary N) is 1. The predicted octanol–water partition coefficient (Wildman–Crippen LogP) is 2.52. The van der Waals surface area contributed by atoms with Crippen LogP contribution >= 0.6 is 0 Å². The summed E-state index contributed by atoms with van der Waals surface area (Å²) < 4.78 is 70.8. The number of benzene rings is 2. The second-order valence-corrected chi connectivity index (χ2v) is 6.48. The third kappa shape index (κ3) is 4.01. The summed E-state index contributed by atoms with van der Waals surface area (Å²) in [5.74, 6) is -5.16. The lowest BCUT2D eigenvalue weighted by molar-refractivity contribution is 0.102. The lowest BCUT2D eigenvalue weighted by Crippen LogP contribution is -2.15. The second-order valence-electron chi connectivity index (χ2n) is 5.65. The Morgan fingerprint density at radius 3 is 2.67 bits per heavy atom. The molecule has 0 aliphatic carbocycles. The molecular weight excluding hydrogens is 385 g/mol. The number of oxazole rings is 1. The van der Waals surface area contributed by atoms with Gasteiger partial charge in [-0.05, 0) is 42.7 Å². The SMILES string of the molecule is O=C(c1ccc2ncoc2c1)c1c(F)c(F)cc(CCCN[SH](=O)=O)c1F. The van der Waals surface area contributed by atoms with Gasteiger partial charge in [0.05, 0.1) is 5.56 Å². The summed E-state index contributed by atoms with van der Waals surface area (Å²) >= 11 is 0. The second kappa shape index (κ2) is 7.89. The van der Waals surface area contributed by atoms with E-state index in [1.807, 2.05) is 0 Å². The fraction of sp³-hybridized carbons (Fsp3) is 0.176. The van der Waals surface area contributed by atoms with E-state index in [1.54, 1.807) is 0 Å². The molecular formula is C17H13F3N2O4S. The highest BCUT2D eigenvalue weighted by Crippen LogP contribution is 2.25. The smallest absolute Gasteiger partial charge is 0.201 e. The first-order valence-corrected chi connectivity index (χ1v) is 8.98. The molecule has 0 unspecified atom stereocenters. The number of ketones is 1. The minimum atomic E-state index is -2.80. The molecule has 0 amide bonds. The number of nitrogens with zero attached hydrogens (tertiary/aromatic N) is 1. The number of aryl methyl sites for hydroxylation is 1. The van der Waals surface area contributed by atoms with Gasteiger partial charge in [0.2, 0.25) is 10.9 Å². The van der Waals surface area contributed by atoms with E-state index in [9.17, 15) is 26.4 Å². The van der Waals surface area contributed by atoms with Crippen molar-refractivity contribution in [2.75, 3.05) is 6.54 Å². The van der Waals surface area contributed by atoms with Crippen molar-refractivity contribution in [2.24, 2.45) is 0 Å². The number of thiol groups is 1. The fourth-order valence-corrected chi connectivity index (χ4v) is 2.97. The van der Waals surface area contributed by atoms with Gasteiger partial charge in [-0.25, -0.2) is 31.3 Å². The lowest BCUT2D eigenvalue weighted by atomic mass is 9.97. The molecule has 0 saturated heterocycles. The number of hydrogen-bond donors (Lipinski definition) is 2. The highest BCUT2D eigenvalue weighted by molar-refractivity contribution is 7.70. The molecule has 0 bridgehead atoms. The van der Waals surface area contributed by atoms with Gasteiger partial charge < -0.3 is 4.42 Å². The normalized spacial score (nSPS) is 11.4. The van der Waals surface area contributed by atoms with E-state index < -0.39 is 39.7 Å². The van der Waals surface area contributed by atoms with Crippen molar-refractivity contribution in [3.05, 3.63) is 64.8 Å². The average molecular weight is 398 g/mol. The minimum Gasteiger partial charge on any atom is -0.443 e. The molecule has 0 fully saturated rings. The number of aromatic nitrogens is 1. The van der Waals surface area contributed by atoms with E-state index in [-0.39, 0.29) is 36.1 Å². The molecule has 6 nitrogen and oxygen atoms in total. The summed E-state index contributed by atoms with van der Waals surface area (Å²) in [7, 11) is -2.80. The van der Waals surface area contributed by atoms with Gasteiger partial charge in [0, 0.05) is 12.1 Å². The van der Waals surface area contributed by atoms with Crippen LogP contribution in [0.4, 0.5) is 13.2 Å². The zero-order valence-electron chi connectivity index (χ0n) is 13.7. The van der Waals surface area contributed by atoms with Crippen LogP contribution < -0.4 is 4.72 Å². The molecule has 3 aromatic rings. The zero-order valence-corrected chi connectivity index (χ0v) is 14.6. The zero-order chi connectivity index (χ0) is 19.6. The van der Waals surface area contributed by atoms with Gasteiger partial charge in [-0.15, -0.1) is 0 Å².